The van der Waals surface area contributed by atoms with E-state index in [9.17, 15) is 9.67 Å². The second kappa shape index (κ2) is 7.96. The average molecular weight is 406 g/mol. The van der Waals surface area contributed by atoms with Crippen LogP contribution in [0, 0.1) is 0 Å². The van der Waals surface area contributed by atoms with Gasteiger partial charge in [-0.3, -0.25) is 9.55 Å². The molecule has 1 heterocycles. The molecule has 7 heteroatoms. The van der Waals surface area contributed by atoms with Crippen LogP contribution in [-0.4, -0.2) is 26.2 Å². The van der Waals surface area contributed by atoms with E-state index < -0.39 is 13.9 Å². The lowest BCUT2D eigenvalue weighted by Gasteiger charge is -2.28. The first kappa shape index (κ1) is 22.6. The van der Waals surface area contributed by atoms with Crippen molar-refractivity contribution < 1.29 is 19.5 Å². The molecule has 0 fully saturated rings. The van der Waals surface area contributed by atoms with Crippen LogP contribution < -0.4 is 5.32 Å². The van der Waals surface area contributed by atoms with Crippen LogP contribution in [0.2, 0.25) is 0 Å². The minimum absolute atomic E-state index is 0.256. The number of hydrogen-bond donors (Lipinski definition) is 4. The van der Waals surface area contributed by atoms with Gasteiger partial charge in [-0.05, 0) is 34.6 Å². The maximum Gasteiger partial charge on any atom is 0.339 e. The Bertz CT molecular complexity index is 857. The van der Waals surface area contributed by atoms with Gasteiger partial charge in [-0.25, -0.2) is 0 Å². The van der Waals surface area contributed by atoms with E-state index in [1.807, 2.05) is 18.2 Å². The van der Waals surface area contributed by atoms with Gasteiger partial charge in [0.15, 0.2) is 0 Å². The van der Waals surface area contributed by atoms with Crippen LogP contribution in [-0.2, 0) is 21.9 Å². The summed E-state index contributed by atoms with van der Waals surface area (Å²) in [6.45, 7) is 12.6. The summed E-state index contributed by atoms with van der Waals surface area (Å²) in [5.74, 6) is 0.306. The standard InChI is InChI=1S/C21H31N2O4P/c1-20(2,3)16-10-15(11-17(19(16)24)21(4,5)6)18-14(8-7-9-23-18)12-22-13-28(25,26)27/h7-11,22,24H,12-13H2,1-6H3,(H2,25,26,27). The van der Waals surface area contributed by atoms with E-state index in [-0.39, 0.29) is 17.4 Å². The summed E-state index contributed by atoms with van der Waals surface area (Å²) in [7, 11) is -4.12. The number of aromatic hydroxyl groups is 1. The normalized spacial score (nSPS) is 13.0. The van der Waals surface area contributed by atoms with E-state index in [2.05, 4.69) is 51.8 Å². The van der Waals surface area contributed by atoms with Crippen LogP contribution in [0.5, 0.6) is 5.75 Å². The van der Waals surface area contributed by atoms with Crippen molar-refractivity contribution in [1.29, 1.82) is 0 Å². The highest BCUT2D eigenvalue weighted by Gasteiger charge is 2.27. The lowest BCUT2D eigenvalue weighted by molar-refractivity contribution is 0.368. The van der Waals surface area contributed by atoms with Crippen molar-refractivity contribution >= 4 is 7.60 Å². The van der Waals surface area contributed by atoms with Crippen LogP contribution in [0.25, 0.3) is 11.3 Å². The quantitative estimate of drug-likeness (QED) is 0.553. The van der Waals surface area contributed by atoms with Crippen molar-refractivity contribution in [1.82, 2.24) is 10.3 Å². The number of pyridine rings is 1. The molecule has 0 amide bonds. The molecule has 0 bridgehead atoms. The molecule has 0 aliphatic heterocycles. The van der Waals surface area contributed by atoms with Gasteiger partial charge in [0.05, 0.1) is 12.0 Å². The summed E-state index contributed by atoms with van der Waals surface area (Å²) in [6.07, 6.45) is 1.31. The van der Waals surface area contributed by atoms with Gasteiger partial charge in [-0.2, -0.15) is 0 Å². The first-order valence-electron chi connectivity index (χ1n) is 9.27. The molecule has 0 atom stereocenters. The van der Waals surface area contributed by atoms with E-state index in [0.29, 0.717) is 5.75 Å². The maximum atomic E-state index is 11.1. The molecule has 0 aliphatic carbocycles. The molecule has 0 unspecified atom stereocenters. The monoisotopic (exact) mass is 406 g/mol. The molecule has 2 rings (SSSR count). The molecule has 154 valence electrons. The number of rotatable bonds is 5. The Kier molecular flexibility index (Phi) is 6.41. The van der Waals surface area contributed by atoms with E-state index in [4.69, 9.17) is 9.79 Å². The Balaban J connectivity index is 2.58. The lowest BCUT2D eigenvalue weighted by Crippen LogP contribution is -2.18. The van der Waals surface area contributed by atoms with Gasteiger partial charge < -0.3 is 20.2 Å². The van der Waals surface area contributed by atoms with Gasteiger partial charge >= 0.3 is 7.60 Å². The second-order valence-electron chi connectivity index (χ2n) is 9.18. The zero-order valence-electron chi connectivity index (χ0n) is 17.4. The van der Waals surface area contributed by atoms with Gasteiger partial charge in [0, 0.05) is 29.4 Å². The van der Waals surface area contributed by atoms with Crippen LogP contribution in [0.4, 0.5) is 0 Å². The Morgan fingerprint density at radius 2 is 1.57 bits per heavy atom. The molecule has 0 spiro atoms. The summed E-state index contributed by atoms with van der Waals surface area (Å²) in [6, 6.07) is 7.60. The number of nitrogens with zero attached hydrogens (tertiary/aromatic N) is 1. The third-order valence-corrected chi connectivity index (χ3v) is 5.16. The van der Waals surface area contributed by atoms with Gasteiger partial charge in [-0.1, -0.05) is 47.6 Å². The van der Waals surface area contributed by atoms with E-state index >= 15 is 0 Å². The fourth-order valence-electron chi connectivity index (χ4n) is 3.09. The van der Waals surface area contributed by atoms with Crippen LogP contribution >= 0.6 is 7.60 Å². The lowest BCUT2D eigenvalue weighted by atomic mass is 9.78. The fraction of sp³-hybridized carbons (Fsp3) is 0.476. The van der Waals surface area contributed by atoms with Crippen LogP contribution in [0.1, 0.15) is 58.2 Å². The van der Waals surface area contributed by atoms with Gasteiger partial charge in [0.25, 0.3) is 0 Å². The molecular weight excluding hydrogens is 375 g/mol. The second-order valence-corrected chi connectivity index (χ2v) is 10.8. The summed E-state index contributed by atoms with van der Waals surface area (Å²) in [5, 5.41) is 13.7. The predicted octanol–water partition coefficient (Wildman–Crippen LogP) is 4.27. The topological polar surface area (TPSA) is 103 Å². The van der Waals surface area contributed by atoms with Crippen molar-refractivity contribution in [3.63, 3.8) is 0 Å². The molecule has 28 heavy (non-hydrogen) atoms. The van der Waals surface area contributed by atoms with Crippen molar-refractivity contribution in [2.45, 2.75) is 58.9 Å². The Morgan fingerprint density at radius 1 is 1.04 bits per heavy atom. The first-order chi connectivity index (χ1) is 12.7. The van der Waals surface area contributed by atoms with Crippen LogP contribution in [0.3, 0.4) is 0 Å². The molecule has 4 N–H and O–H groups in total. The number of benzene rings is 1. The molecule has 0 saturated carbocycles. The third-order valence-electron chi connectivity index (χ3n) is 4.52. The zero-order valence-corrected chi connectivity index (χ0v) is 18.3. The van der Waals surface area contributed by atoms with Crippen molar-refractivity contribution in [3.05, 3.63) is 47.2 Å². The number of aromatic nitrogens is 1. The van der Waals surface area contributed by atoms with Crippen molar-refractivity contribution in [2.75, 3.05) is 6.29 Å². The Labute approximate surface area is 167 Å². The van der Waals surface area contributed by atoms with E-state index in [1.54, 1.807) is 12.3 Å². The number of phenols is 1. The molecule has 1 aromatic heterocycles. The third kappa shape index (κ3) is 5.65. The van der Waals surface area contributed by atoms with Gasteiger partial charge in [0.1, 0.15) is 5.75 Å². The molecule has 1 aromatic carbocycles. The molecular formula is C21H31N2O4P. The van der Waals surface area contributed by atoms with E-state index in [0.717, 1.165) is 27.9 Å². The molecule has 6 nitrogen and oxygen atoms in total. The molecule has 0 aliphatic rings. The van der Waals surface area contributed by atoms with E-state index in [1.165, 1.54) is 0 Å². The highest BCUT2D eigenvalue weighted by molar-refractivity contribution is 7.51. The number of phenolic OH excluding ortho intramolecular Hbond substituents is 1. The average Bonchev–Trinajstić information content (AvgIpc) is 2.52. The minimum Gasteiger partial charge on any atom is -0.507 e. The van der Waals surface area contributed by atoms with Gasteiger partial charge in [0.2, 0.25) is 0 Å². The zero-order chi connectivity index (χ0) is 21.3. The number of nitrogens with one attached hydrogen (secondary N) is 1. The Morgan fingerprint density at radius 3 is 2.04 bits per heavy atom. The summed E-state index contributed by atoms with van der Waals surface area (Å²) < 4.78 is 11.1. The summed E-state index contributed by atoms with van der Waals surface area (Å²) >= 11 is 0. The highest BCUT2D eigenvalue weighted by atomic mass is 31.2. The smallest absolute Gasteiger partial charge is 0.339 e. The maximum absolute atomic E-state index is 11.1. The highest BCUT2D eigenvalue weighted by Crippen LogP contribution is 2.42. The fourth-order valence-corrected chi connectivity index (χ4v) is 3.50. The molecule has 0 saturated heterocycles. The largest absolute Gasteiger partial charge is 0.507 e. The van der Waals surface area contributed by atoms with Crippen molar-refractivity contribution in [3.8, 4) is 17.0 Å². The molecule has 0 radical (unpaired) electrons. The van der Waals surface area contributed by atoms with Gasteiger partial charge in [-0.15, -0.1) is 0 Å². The minimum atomic E-state index is -4.12. The summed E-state index contributed by atoms with van der Waals surface area (Å²) in [5.41, 5.74) is 3.62. The van der Waals surface area contributed by atoms with Crippen LogP contribution in [0.15, 0.2) is 30.5 Å². The predicted molar refractivity (Wildman–Crippen MR) is 112 cm³/mol. The number of hydrogen-bond acceptors (Lipinski definition) is 4. The summed E-state index contributed by atoms with van der Waals surface area (Å²) in [4.78, 5) is 22.7. The van der Waals surface area contributed by atoms with Crippen molar-refractivity contribution in [2.24, 2.45) is 0 Å². The Hall–Kier alpha value is -1.72. The SMILES string of the molecule is CC(C)(C)c1cc(-c2ncccc2CNCP(=O)(O)O)cc(C(C)(C)C)c1O. The first-order valence-corrected chi connectivity index (χ1v) is 11.1. The molecule has 2 aromatic rings.